The molecule has 1 aromatic carbocycles. The number of rotatable bonds is 7. The van der Waals surface area contributed by atoms with Gasteiger partial charge in [0.25, 0.3) is 5.56 Å². The van der Waals surface area contributed by atoms with Gasteiger partial charge in [0.05, 0.1) is 12.7 Å². The zero-order chi connectivity index (χ0) is 20.2. The summed E-state index contributed by atoms with van der Waals surface area (Å²) in [5.74, 6) is 0.879. The summed E-state index contributed by atoms with van der Waals surface area (Å²) >= 11 is 2.85. The lowest BCUT2D eigenvalue weighted by molar-refractivity contribution is 0.664. The molecule has 0 aliphatic heterocycles. The number of tetrazole rings is 1. The molecule has 148 valence electrons. The van der Waals surface area contributed by atoms with Crippen LogP contribution in [-0.4, -0.2) is 45.5 Å². The van der Waals surface area contributed by atoms with Crippen LogP contribution in [0.3, 0.4) is 0 Å². The highest BCUT2D eigenvalue weighted by Crippen LogP contribution is 2.30. The van der Waals surface area contributed by atoms with E-state index in [9.17, 15) is 4.79 Å². The van der Waals surface area contributed by atoms with Gasteiger partial charge < -0.3 is 0 Å². The Kier molecular flexibility index (Phi) is 5.86. The minimum atomic E-state index is -0.206. The molecule has 0 amide bonds. The third-order valence-electron chi connectivity index (χ3n) is 4.03. The molecule has 29 heavy (non-hydrogen) atoms. The minimum absolute atomic E-state index is 0.206. The Morgan fingerprint density at radius 2 is 1.97 bits per heavy atom. The normalized spacial score (nSPS) is 11.2. The number of hydrogen-bond acceptors (Lipinski definition) is 9. The average Bonchev–Trinajstić information content (AvgIpc) is 3.14. The molecule has 0 radical (unpaired) electrons. The second-order valence-corrected chi connectivity index (χ2v) is 8.21. The summed E-state index contributed by atoms with van der Waals surface area (Å²) in [5.41, 5.74) is 1.86. The van der Waals surface area contributed by atoms with Crippen LogP contribution in [0.25, 0.3) is 11.2 Å². The predicted octanol–water partition coefficient (Wildman–Crippen LogP) is 2.41. The molecule has 0 saturated heterocycles. The van der Waals surface area contributed by atoms with Gasteiger partial charge in [0.2, 0.25) is 5.16 Å². The molecule has 3 heterocycles. The highest BCUT2D eigenvalue weighted by molar-refractivity contribution is 7.99. The van der Waals surface area contributed by atoms with Gasteiger partial charge >= 0.3 is 0 Å². The van der Waals surface area contributed by atoms with Crippen LogP contribution in [0, 0.1) is 0 Å². The molecule has 0 bridgehead atoms. The van der Waals surface area contributed by atoms with Crippen molar-refractivity contribution in [3.63, 3.8) is 0 Å². The van der Waals surface area contributed by atoms with Crippen molar-refractivity contribution in [3.05, 3.63) is 52.4 Å². The topological polar surface area (TPSA) is 104 Å². The lowest BCUT2D eigenvalue weighted by Gasteiger charge is -2.12. The highest BCUT2D eigenvalue weighted by atomic mass is 32.2. The standard InChI is InChI=1S/C18H18N8OS2/c1-3-9-28-17-20-15-14(16(21-17)29-18-22-23-24-25(18)2)19-10-13(27)26(15)11-12-7-5-4-6-8-12/h4-8,10H,3,9,11H2,1-2H3. The van der Waals surface area contributed by atoms with E-state index >= 15 is 0 Å². The predicted molar refractivity (Wildman–Crippen MR) is 111 cm³/mol. The van der Waals surface area contributed by atoms with Crippen molar-refractivity contribution in [1.82, 2.24) is 39.7 Å². The molecule has 0 saturated carbocycles. The number of aryl methyl sites for hydroxylation is 1. The van der Waals surface area contributed by atoms with Crippen LogP contribution in [0.5, 0.6) is 0 Å². The molecule has 0 aliphatic carbocycles. The van der Waals surface area contributed by atoms with Crippen LogP contribution in [-0.2, 0) is 13.6 Å². The van der Waals surface area contributed by atoms with Crippen molar-refractivity contribution in [3.8, 4) is 0 Å². The fourth-order valence-corrected chi connectivity index (χ4v) is 4.18. The molecule has 0 unspecified atom stereocenters. The quantitative estimate of drug-likeness (QED) is 0.250. The zero-order valence-corrected chi connectivity index (χ0v) is 17.5. The van der Waals surface area contributed by atoms with E-state index in [1.54, 1.807) is 28.1 Å². The van der Waals surface area contributed by atoms with E-state index < -0.39 is 0 Å². The van der Waals surface area contributed by atoms with Crippen molar-refractivity contribution >= 4 is 34.7 Å². The molecule has 0 atom stereocenters. The molecule has 3 aromatic heterocycles. The molecule has 11 heteroatoms. The van der Waals surface area contributed by atoms with Gasteiger partial charge in [-0.25, -0.2) is 19.6 Å². The van der Waals surface area contributed by atoms with Crippen LogP contribution < -0.4 is 5.56 Å². The van der Waals surface area contributed by atoms with Crippen LogP contribution >= 0.6 is 23.5 Å². The third kappa shape index (κ3) is 4.30. The second kappa shape index (κ2) is 8.70. The largest absolute Gasteiger partial charge is 0.285 e. The fourth-order valence-electron chi connectivity index (χ4n) is 2.64. The van der Waals surface area contributed by atoms with Gasteiger partial charge in [-0.1, -0.05) is 49.0 Å². The second-order valence-electron chi connectivity index (χ2n) is 6.19. The first-order valence-electron chi connectivity index (χ1n) is 9.00. The van der Waals surface area contributed by atoms with Crippen LogP contribution in [0.1, 0.15) is 18.9 Å². The van der Waals surface area contributed by atoms with Crippen LogP contribution in [0.4, 0.5) is 0 Å². The number of aromatic nitrogens is 8. The monoisotopic (exact) mass is 426 g/mol. The first-order chi connectivity index (χ1) is 14.2. The highest BCUT2D eigenvalue weighted by Gasteiger charge is 2.17. The van der Waals surface area contributed by atoms with Gasteiger partial charge in [-0.3, -0.25) is 9.36 Å². The molecule has 4 aromatic rings. The Balaban J connectivity index is 1.86. The Hall–Kier alpha value is -2.79. The summed E-state index contributed by atoms with van der Waals surface area (Å²) in [4.78, 5) is 26.3. The van der Waals surface area contributed by atoms with Crippen molar-refractivity contribution in [2.75, 3.05) is 5.75 Å². The lowest BCUT2D eigenvalue weighted by atomic mass is 10.2. The van der Waals surface area contributed by atoms with Crippen molar-refractivity contribution in [1.29, 1.82) is 0 Å². The van der Waals surface area contributed by atoms with Gasteiger partial charge in [-0.2, -0.15) is 0 Å². The SMILES string of the molecule is CCCSc1nc(Sc2nnnn2C)c2ncc(=O)n(Cc3ccccc3)c2n1. The Bertz CT molecular complexity index is 1190. The molecule has 4 rings (SSSR count). The number of nitrogens with zero attached hydrogens (tertiary/aromatic N) is 8. The Morgan fingerprint density at radius 3 is 2.69 bits per heavy atom. The number of fused-ring (bicyclic) bond motifs is 1. The lowest BCUT2D eigenvalue weighted by Crippen LogP contribution is -2.22. The van der Waals surface area contributed by atoms with Crippen molar-refractivity contribution < 1.29 is 0 Å². The summed E-state index contributed by atoms with van der Waals surface area (Å²) in [5, 5.41) is 13.4. The number of thioether (sulfide) groups is 1. The molecule has 0 fully saturated rings. The van der Waals surface area contributed by atoms with Gasteiger partial charge in [0, 0.05) is 12.8 Å². The Morgan fingerprint density at radius 1 is 1.14 bits per heavy atom. The molecular weight excluding hydrogens is 408 g/mol. The van der Waals surface area contributed by atoms with Crippen LogP contribution in [0.15, 0.2) is 56.7 Å². The average molecular weight is 427 g/mol. The van der Waals surface area contributed by atoms with E-state index in [0.29, 0.717) is 33.0 Å². The maximum absolute atomic E-state index is 12.6. The smallest absolute Gasteiger partial charge is 0.270 e. The fraction of sp³-hybridized carbons (Fsp3) is 0.278. The summed E-state index contributed by atoms with van der Waals surface area (Å²) in [7, 11) is 1.76. The first kappa shape index (κ1) is 19.5. The van der Waals surface area contributed by atoms with Gasteiger partial charge in [0.1, 0.15) is 10.5 Å². The van der Waals surface area contributed by atoms with Crippen molar-refractivity contribution in [2.24, 2.45) is 7.05 Å². The maximum atomic E-state index is 12.6. The van der Waals surface area contributed by atoms with E-state index in [4.69, 9.17) is 0 Å². The van der Waals surface area contributed by atoms with Gasteiger partial charge in [-0.15, -0.1) is 5.10 Å². The minimum Gasteiger partial charge on any atom is -0.285 e. The molecule has 9 nitrogen and oxygen atoms in total. The van der Waals surface area contributed by atoms with Gasteiger partial charge in [0.15, 0.2) is 10.8 Å². The Labute approximate surface area is 175 Å². The number of benzene rings is 1. The van der Waals surface area contributed by atoms with E-state index in [-0.39, 0.29) is 5.56 Å². The van der Waals surface area contributed by atoms with Crippen LogP contribution in [0.2, 0.25) is 0 Å². The molecule has 0 spiro atoms. The van der Waals surface area contributed by atoms with E-state index in [2.05, 4.69) is 37.4 Å². The number of hydrogen-bond donors (Lipinski definition) is 0. The summed E-state index contributed by atoms with van der Waals surface area (Å²) in [6.07, 6.45) is 2.30. The summed E-state index contributed by atoms with van der Waals surface area (Å²) < 4.78 is 3.20. The zero-order valence-electron chi connectivity index (χ0n) is 15.9. The molecule has 0 aliphatic rings. The van der Waals surface area contributed by atoms with E-state index in [0.717, 1.165) is 17.7 Å². The summed E-state index contributed by atoms with van der Waals surface area (Å²) in [6, 6.07) is 9.80. The third-order valence-corrected chi connectivity index (χ3v) is 6.09. The first-order valence-corrected chi connectivity index (χ1v) is 10.8. The van der Waals surface area contributed by atoms with Gasteiger partial charge in [-0.05, 0) is 34.2 Å². The maximum Gasteiger partial charge on any atom is 0.270 e. The molecular formula is C18H18N8OS2. The summed E-state index contributed by atoms with van der Waals surface area (Å²) in [6.45, 7) is 2.50. The van der Waals surface area contributed by atoms with E-state index in [1.165, 1.54) is 18.0 Å². The van der Waals surface area contributed by atoms with E-state index in [1.807, 2.05) is 30.3 Å². The molecule has 0 N–H and O–H groups in total. The van der Waals surface area contributed by atoms with Crippen molar-refractivity contribution in [2.45, 2.75) is 35.2 Å².